The second-order valence-electron chi connectivity index (χ2n) is 5.27. The molecule has 3 N–H and O–H groups in total. The molecule has 1 unspecified atom stereocenters. The van der Waals surface area contributed by atoms with Crippen LogP contribution in [0.5, 0.6) is 0 Å². The summed E-state index contributed by atoms with van der Waals surface area (Å²) in [6.07, 6.45) is 1.14. The first kappa shape index (κ1) is 18.5. The lowest BCUT2D eigenvalue weighted by Crippen LogP contribution is -2.16. The molecule has 0 aliphatic heterocycles. The second kappa shape index (κ2) is 7.80. The van der Waals surface area contributed by atoms with Crippen LogP contribution in [-0.2, 0) is 0 Å². The minimum Gasteiger partial charge on any atom is -0.391 e. The van der Waals surface area contributed by atoms with Gasteiger partial charge in [0.25, 0.3) is 0 Å². The molecule has 0 aliphatic rings. The Morgan fingerprint density at radius 1 is 1.44 bits per heavy atom. The zero-order chi connectivity index (χ0) is 18.6. The molecule has 0 bridgehead atoms. The minimum atomic E-state index is -1.06. The van der Waals surface area contributed by atoms with Crippen molar-refractivity contribution in [2.75, 3.05) is 6.54 Å². The first-order chi connectivity index (χ1) is 11.9. The van der Waals surface area contributed by atoms with E-state index < -0.39 is 23.7 Å². The van der Waals surface area contributed by atoms with Gasteiger partial charge in [-0.15, -0.1) is 5.10 Å². The maximum atomic E-state index is 13.8. The van der Waals surface area contributed by atoms with Crippen molar-refractivity contribution in [3.8, 4) is 5.69 Å². The highest BCUT2D eigenvalue weighted by Gasteiger charge is 2.22. The van der Waals surface area contributed by atoms with Gasteiger partial charge in [0.15, 0.2) is 0 Å². The van der Waals surface area contributed by atoms with Crippen molar-refractivity contribution in [2.24, 2.45) is 0 Å². The highest BCUT2D eigenvalue weighted by Crippen LogP contribution is 2.25. The summed E-state index contributed by atoms with van der Waals surface area (Å²) < 4.78 is 28.2. The van der Waals surface area contributed by atoms with Crippen LogP contribution in [0, 0.1) is 17.2 Å². The fraction of sp³-hybridized carbons (Fsp3) is 0.235. The summed E-state index contributed by atoms with van der Waals surface area (Å²) in [7, 11) is 0. The molecule has 2 rings (SSSR count). The molecule has 0 aliphatic carbocycles. The molecule has 132 valence electrons. The highest BCUT2D eigenvalue weighted by atomic mass is 19.1. The van der Waals surface area contributed by atoms with Gasteiger partial charge in [0.05, 0.1) is 17.4 Å². The molecular weight excluding hydrogens is 330 g/mol. The van der Waals surface area contributed by atoms with Gasteiger partial charge < -0.3 is 15.8 Å². The smallest absolute Gasteiger partial charge is 0.233 e. The maximum Gasteiger partial charge on any atom is 0.233 e. The molecule has 0 radical (unpaired) electrons. The predicted octanol–water partition coefficient (Wildman–Crippen LogP) is 2.53. The fourth-order valence-electron chi connectivity index (χ4n) is 2.28. The van der Waals surface area contributed by atoms with Crippen LogP contribution >= 0.6 is 0 Å². The Bertz CT molecular complexity index is 828. The number of benzene rings is 1. The number of rotatable bonds is 7. The van der Waals surface area contributed by atoms with Crippen LogP contribution in [0.2, 0.25) is 0 Å². The number of nitrogens with zero attached hydrogens (tertiary/aromatic N) is 2. The lowest BCUT2D eigenvalue weighted by molar-refractivity contribution is 0.103. The summed E-state index contributed by atoms with van der Waals surface area (Å²) >= 11 is 0. The number of aromatic nitrogens is 2. The Morgan fingerprint density at radius 2 is 2.16 bits per heavy atom. The average Bonchev–Trinajstić information content (AvgIpc) is 2.96. The van der Waals surface area contributed by atoms with E-state index in [1.54, 1.807) is 0 Å². The number of allylic oxidation sites excluding steroid dienone is 1. The quantitative estimate of drug-likeness (QED) is 0.407. The standard InChI is InChI=1S/C17H18F2N4O2/c1-3-21-9-11(8-20)17(25)15-7-16(19)22-23(15)14-5-4-12(18)6-13(14)10(2)24/h4-10,20-21,24H,3H2,1-2H3/b11-9+,20-8?. The molecule has 0 spiro atoms. The molecule has 2 aromatic rings. The lowest BCUT2D eigenvalue weighted by Gasteiger charge is -2.14. The largest absolute Gasteiger partial charge is 0.391 e. The number of nitrogens with one attached hydrogen (secondary N) is 2. The Kier molecular flexibility index (Phi) is 5.76. The molecule has 0 fully saturated rings. The number of ketones is 1. The molecule has 0 saturated heterocycles. The van der Waals surface area contributed by atoms with E-state index in [2.05, 4.69) is 10.4 Å². The van der Waals surface area contributed by atoms with E-state index in [9.17, 15) is 18.7 Å². The summed E-state index contributed by atoms with van der Waals surface area (Å²) in [5.74, 6) is -2.11. The first-order valence-electron chi connectivity index (χ1n) is 7.61. The van der Waals surface area contributed by atoms with E-state index in [4.69, 9.17) is 5.41 Å². The van der Waals surface area contributed by atoms with Crippen LogP contribution in [0.3, 0.4) is 0 Å². The van der Waals surface area contributed by atoms with E-state index in [0.717, 1.165) is 29.1 Å². The van der Waals surface area contributed by atoms with Crippen LogP contribution < -0.4 is 5.32 Å². The molecular formula is C17H18F2N4O2. The third kappa shape index (κ3) is 3.97. The van der Waals surface area contributed by atoms with E-state index in [1.807, 2.05) is 6.92 Å². The Labute approximate surface area is 143 Å². The minimum absolute atomic E-state index is 0.00343. The van der Waals surface area contributed by atoms with Gasteiger partial charge in [-0.1, -0.05) is 0 Å². The van der Waals surface area contributed by atoms with Crippen LogP contribution in [0.4, 0.5) is 8.78 Å². The van der Waals surface area contributed by atoms with Gasteiger partial charge in [-0.05, 0) is 32.0 Å². The molecule has 1 heterocycles. The van der Waals surface area contributed by atoms with Gasteiger partial charge in [0.1, 0.15) is 11.5 Å². The molecule has 25 heavy (non-hydrogen) atoms. The zero-order valence-electron chi connectivity index (χ0n) is 13.8. The van der Waals surface area contributed by atoms with Crippen molar-refractivity contribution < 1.29 is 18.7 Å². The average molecular weight is 348 g/mol. The predicted molar refractivity (Wildman–Crippen MR) is 89.0 cm³/mol. The summed E-state index contributed by atoms with van der Waals surface area (Å²) in [5, 5.41) is 23.7. The monoisotopic (exact) mass is 348 g/mol. The van der Waals surface area contributed by atoms with E-state index in [-0.39, 0.29) is 22.5 Å². The third-order valence-corrected chi connectivity index (χ3v) is 3.46. The summed E-state index contributed by atoms with van der Waals surface area (Å²) in [6.45, 7) is 3.79. The van der Waals surface area contributed by atoms with E-state index in [0.29, 0.717) is 6.54 Å². The van der Waals surface area contributed by atoms with E-state index in [1.165, 1.54) is 19.2 Å². The third-order valence-electron chi connectivity index (χ3n) is 3.46. The highest BCUT2D eigenvalue weighted by molar-refractivity contribution is 6.20. The molecule has 1 aromatic heterocycles. The molecule has 1 atom stereocenters. The topological polar surface area (TPSA) is 91.0 Å². The molecule has 0 saturated carbocycles. The normalized spacial score (nSPS) is 12.8. The van der Waals surface area contributed by atoms with E-state index >= 15 is 0 Å². The number of hydrogen-bond donors (Lipinski definition) is 3. The van der Waals surface area contributed by atoms with Crippen LogP contribution in [0.25, 0.3) is 5.69 Å². The molecule has 0 amide bonds. The van der Waals surface area contributed by atoms with Crippen molar-refractivity contribution in [1.29, 1.82) is 5.41 Å². The van der Waals surface area contributed by atoms with Gasteiger partial charge in [-0.25, -0.2) is 9.07 Å². The van der Waals surface area contributed by atoms with Gasteiger partial charge in [0, 0.05) is 30.6 Å². The van der Waals surface area contributed by atoms with Crippen LogP contribution in [0.15, 0.2) is 36.0 Å². The SMILES string of the molecule is CCN/C=C(\C=N)C(=O)c1cc(F)nn1-c1ccc(F)cc1C(C)O. The van der Waals surface area contributed by atoms with Gasteiger partial charge in [-0.2, -0.15) is 4.39 Å². The number of hydrogen-bond acceptors (Lipinski definition) is 5. The van der Waals surface area contributed by atoms with Crippen molar-refractivity contribution >= 4 is 12.0 Å². The zero-order valence-corrected chi connectivity index (χ0v) is 13.8. The lowest BCUT2D eigenvalue weighted by atomic mass is 10.1. The maximum absolute atomic E-state index is 13.8. The number of Topliss-reactive ketones (excluding diaryl/α,β-unsaturated/α-hetero) is 1. The van der Waals surface area contributed by atoms with Gasteiger partial charge >= 0.3 is 0 Å². The summed E-state index contributed by atoms with van der Waals surface area (Å²) in [6, 6.07) is 4.46. The molecule has 1 aromatic carbocycles. The van der Waals surface area contributed by atoms with Gasteiger partial charge in [-0.3, -0.25) is 4.79 Å². The molecule has 6 nitrogen and oxygen atoms in total. The number of halogens is 2. The summed E-state index contributed by atoms with van der Waals surface area (Å²) in [5.41, 5.74) is 0.197. The number of carbonyl (C=O) groups excluding carboxylic acids is 1. The number of carbonyl (C=O) groups is 1. The molecule has 8 heteroatoms. The first-order valence-corrected chi connectivity index (χ1v) is 7.61. The van der Waals surface area contributed by atoms with Crippen molar-refractivity contribution in [1.82, 2.24) is 15.1 Å². The Hall–Kier alpha value is -2.87. The number of aliphatic hydroxyl groups excluding tert-OH is 1. The Balaban J connectivity index is 2.60. The number of aliphatic hydroxyl groups is 1. The van der Waals surface area contributed by atoms with Crippen molar-refractivity contribution in [3.63, 3.8) is 0 Å². The Morgan fingerprint density at radius 3 is 2.76 bits per heavy atom. The van der Waals surface area contributed by atoms with Crippen LogP contribution in [0.1, 0.15) is 36.0 Å². The van der Waals surface area contributed by atoms with Crippen molar-refractivity contribution in [2.45, 2.75) is 20.0 Å². The van der Waals surface area contributed by atoms with Crippen LogP contribution in [-0.4, -0.2) is 33.4 Å². The fourth-order valence-corrected chi connectivity index (χ4v) is 2.28. The second-order valence-corrected chi connectivity index (χ2v) is 5.27. The summed E-state index contributed by atoms with van der Waals surface area (Å²) in [4.78, 5) is 12.6. The van der Waals surface area contributed by atoms with Gasteiger partial charge in [0.2, 0.25) is 11.7 Å². The van der Waals surface area contributed by atoms with Crippen molar-refractivity contribution in [3.05, 3.63) is 59.1 Å².